The van der Waals surface area contributed by atoms with Crippen molar-refractivity contribution in [2.75, 3.05) is 12.8 Å². The van der Waals surface area contributed by atoms with Crippen molar-refractivity contribution in [3.8, 4) is 0 Å². The zero-order valence-electron chi connectivity index (χ0n) is 12.0. The number of H-pyrrole nitrogens is 1. The molecule has 1 fully saturated rings. The second-order valence-electron chi connectivity index (χ2n) is 5.43. The summed E-state index contributed by atoms with van der Waals surface area (Å²) in [6.07, 6.45) is 3.70. The van der Waals surface area contributed by atoms with Crippen molar-refractivity contribution in [3.05, 3.63) is 23.9 Å². The summed E-state index contributed by atoms with van der Waals surface area (Å²) in [5.41, 5.74) is 7.42. The molecule has 2 unspecified atom stereocenters. The van der Waals surface area contributed by atoms with Gasteiger partial charge in [0.1, 0.15) is 6.10 Å². The van der Waals surface area contributed by atoms with Gasteiger partial charge in [-0.2, -0.15) is 5.10 Å². The molecule has 0 aliphatic heterocycles. The Bertz CT molecular complexity index is 653. The highest BCUT2D eigenvalue weighted by atomic mass is 16.5. The molecular formula is C15H19N3O3. The molecule has 0 bridgehead atoms. The van der Waals surface area contributed by atoms with Gasteiger partial charge in [0.25, 0.3) is 0 Å². The fraction of sp³-hybridized carbons (Fsp3) is 0.467. The second kappa shape index (κ2) is 5.73. The Kier molecular flexibility index (Phi) is 3.79. The summed E-state index contributed by atoms with van der Waals surface area (Å²) in [6, 6.07) is 5.30. The maximum atomic E-state index is 12.3. The average Bonchev–Trinajstić information content (AvgIpc) is 2.90. The molecule has 21 heavy (non-hydrogen) atoms. The maximum absolute atomic E-state index is 12.3. The monoisotopic (exact) mass is 289 g/mol. The number of rotatable bonds is 3. The number of nitrogens with zero attached hydrogens (tertiary/aromatic N) is 1. The largest absolute Gasteiger partial charge is 0.457 e. The lowest BCUT2D eigenvalue weighted by Crippen LogP contribution is -2.29. The van der Waals surface area contributed by atoms with E-state index >= 15 is 0 Å². The van der Waals surface area contributed by atoms with E-state index in [1.165, 1.54) is 0 Å². The Morgan fingerprint density at radius 3 is 3.00 bits per heavy atom. The minimum absolute atomic E-state index is 0.107. The Morgan fingerprint density at radius 1 is 1.38 bits per heavy atom. The van der Waals surface area contributed by atoms with Gasteiger partial charge >= 0.3 is 5.97 Å². The molecule has 2 atom stereocenters. The number of nitrogen functional groups attached to an aromatic ring is 1. The molecule has 3 N–H and O–H groups in total. The molecule has 1 heterocycles. The zero-order chi connectivity index (χ0) is 14.8. The Balaban J connectivity index is 1.76. The number of aromatic amines is 1. The van der Waals surface area contributed by atoms with Crippen molar-refractivity contribution in [2.24, 2.45) is 0 Å². The number of anilines is 1. The molecule has 1 aromatic heterocycles. The third-order valence-corrected chi connectivity index (χ3v) is 3.97. The molecule has 0 radical (unpaired) electrons. The van der Waals surface area contributed by atoms with E-state index in [0.717, 1.165) is 31.2 Å². The quantitative estimate of drug-likeness (QED) is 0.668. The highest BCUT2D eigenvalue weighted by molar-refractivity contribution is 6.02. The minimum atomic E-state index is -0.409. The molecule has 112 valence electrons. The molecular weight excluding hydrogens is 270 g/mol. The molecule has 6 heteroatoms. The number of ether oxygens (including phenoxy) is 2. The van der Waals surface area contributed by atoms with Crippen LogP contribution in [-0.2, 0) is 9.47 Å². The van der Waals surface area contributed by atoms with Crippen molar-refractivity contribution in [1.82, 2.24) is 10.2 Å². The molecule has 0 saturated heterocycles. The minimum Gasteiger partial charge on any atom is -0.457 e. The SMILES string of the molecule is COC1CCCC(OC(=O)c2n[nH]c3ccc(N)cc23)C1. The first-order valence-electron chi connectivity index (χ1n) is 7.14. The number of carbonyl (C=O) groups excluding carboxylic acids is 1. The smallest absolute Gasteiger partial charge is 0.359 e. The Morgan fingerprint density at radius 2 is 2.19 bits per heavy atom. The maximum Gasteiger partial charge on any atom is 0.359 e. The number of aromatic nitrogens is 2. The standard InChI is InChI=1S/C15H19N3O3/c1-20-10-3-2-4-11(8-10)21-15(19)14-12-7-9(16)5-6-13(12)17-18-14/h5-7,10-11H,2-4,8,16H2,1H3,(H,17,18). The highest BCUT2D eigenvalue weighted by Gasteiger charge is 2.26. The van der Waals surface area contributed by atoms with E-state index in [-0.39, 0.29) is 17.9 Å². The average molecular weight is 289 g/mol. The summed E-state index contributed by atoms with van der Waals surface area (Å²) in [4.78, 5) is 12.3. The van der Waals surface area contributed by atoms with Crippen LogP contribution in [0.25, 0.3) is 10.9 Å². The van der Waals surface area contributed by atoms with Crippen LogP contribution < -0.4 is 5.73 Å². The number of esters is 1. The molecule has 6 nitrogen and oxygen atoms in total. The lowest BCUT2D eigenvalue weighted by atomic mass is 9.95. The first-order valence-corrected chi connectivity index (χ1v) is 7.14. The predicted molar refractivity (Wildman–Crippen MR) is 79.0 cm³/mol. The van der Waals surface area contributed by atoms with E-state index < -0.39 is 5.97 Å². The number of hydrogen-bond acceptors (Lipinski definition) is 5. The third-order valence-electron chi connectivity index (χ3n) is 3.97. The number of carbonyl (C=O) groups is 1. The molecule has 3 rings (SSSR count). The topological polar surface area (TPSA) is 90.2 Å². The van der Waals surface area contributed by atoms with Crippen LogP contribution in [0.4, 0.5) is 5.69 Å². The lowest BCUT2D eigenvalue weighted by molar-refractivity contribution is -0.0151. The van der Waals surface area contributed by atoms with Crippen LogP contribution in [0.3, 0.4) is 0 Å². The van der Waals surface area contributed by atoms with E-state index in [9.17, 15) is 4.79 Å². The molecule has 1 aliphatic carbocycles. The Hall–Kier alpha value is -2.08. The Labute approximate surface area is 122 Å². The number of hydrogen-bond donors (Lipinski definition) is 2. The summed E-state index contributed by atoms with van der Waals surface area (Å²) in [5, 5.41) is 7.57. The van der Waals surface area contributed by atoms with Gasteiger partial charge in [-0.05, 0) is 37.5 Å². The number of nitrogens with one attached hydrogen (secondary N) is 1. The normalized spacial score (nSPS) is 22.3. The van der Waals surface area contributed by atoms with Crippen molar-refractivity contribution in [3.63, 3.8) is 0 Å². The van der Waals surface area contributed by atoms with Gasteiger partial charge in [-0.15, -0.1) is 0 Å². The molecule has 0 amide bonds. The van der Waals surface area contributed by atoms with Crippen LogP contribution in [0.15, 0.2) is 18.2 Å². The molecule has 0 spiro atoms. The molecule has 1 aromatic carbocycles. The van der Waals surface area contributed by atoms with Gasteiger partial charge < -0.3 is 15.2 Å². The van der Waals surface area contributed by atoms with Crippen LogP contribution in [0.5, 0.6) is 0 Å². The fourth-order valence-corrected chi connectivity index (χ4v) is 2.82. The van der Waals surface area contributed by atoms with E-state index in [1.54, 1.807) is 25.3 Å². The van der Waals surface area contributed by atoms with E-state index in [4.69, 9.17) is 15.2 Å². The van der Waals surface area contributed by atoms with Crippen molar-refractivity contribution in [1.29, 1.82) is 0 Å². The predicted octanol–water partition coefficient (Wildman–Crippen LogP) is 2.26. The molecule has 2 aromatic rings. The van der Waals surface area contributed by atoms with E-state index in [1.807, 2.05) is 0 Å². The van der Waals surface area contributed by atoms with Gasteiger partial charge in [0.05, 0.1) is 11.6 Å². The van der Waals surface area contributed by atoms with Gasteiger partial charge in [0.2, 0.25) is 0 Å². The third kappa shape index (κ3) is 2.85. The number of methoxy groups -OCH3 is 1. The fourth-order valence-electron chi connectivity index (χ4n) is 2.82. The summed E-state index contributed by atoms with van der Waals surface area (Å²) in [6.45, 7) is 0. The van der Waals surface area contributed by atoms with E-state index in [2.05, 4.69) is 10.2 Å². The zero-order valence-corrected chi connectivity index (χ0v) is 12.0. The number of fused-ring (bicyclic) bond motifs is 1. The van der Waals surface area contributed by atoms with Crippen molar-refractivity contribution in [2.45, 2.75) is 37.9 Å². The second-order valence-corrected chi connectivity index (χ2v) is 5.43. The van der Waals surface area contributed by atoms with Gasteiger partial charge in [-0.1, -0.05) is 0 Å². The van der Waals surface area contributed by atoms with Gasteiger partial charge in [0, 0.05) is 24.6 Å². The summed E-state index contributed by atoms with van der Waals surface area (Å²) < 4.78 is 10.9. The van der Waals surface area contributed by atoms with Gasteiger partial charge in [0.15, 0.2) is 5.69 Å². The summed E-state index contributed by atoms with van der Waals surface area (Å²) >= 11 is 0. The van der Waals surface area contributed by atoms with Crippen LogP contribution in [-0.4, -0.2) is 35.5 Å². The highest BCUT2D eigenvalue weighted by Crippen LogP contribution is 2.25. The van der Waals surface area contributed by atoms with Crippen LogP contribution >= 0.6 is 0 Å². The number of nitrogens with two attached hydrogens (primary N) is 1. The van der Waals surface area contributed by atoms with Crippen molar-refractivity contribution >= 4 is 22.6 Å². The summed E-state index contributed by atoms with van der Waals surface area (Å²) in [5.74, 6) is -0.409. The summed E-state index contributed by atoms with van der Waals surface area (Å²) in [7, 11) is 1.69. The lowest BCUT2D eigenvalue weighted by Gasteiger charge is -2.27. The van der Waals surface area contributed by atoms with Crippen LogP contribution in [0, 0.1) is 0 Å². The first kappa shape index (κ1) is 13.9. The van der Waals surface area contributed by atoms with Crippen LogP contribution in [0.2, 0.25) is 0 Å². The van der Waals surface area contributed by atoms with E-state index in [0.29, 0.717) is 11.1 Å². The number of benzene rings is 1. The van der Waals surface area contributed by atoms with Gasteiger partial charge in [-0.3, -0.25) is 5.10 Å². The van der Waals surface area contributed by atoms with Gasteiger partial charge in [-0.25, -0.2) is 4.79 Å². The molecule has 1 aliphatic rings. The van der Waals surface area contributed by atoms with Crippen LogP contribution in [0.1, 0.15) is 36.2 Å². The first-order chi connectivity index (χ1) is 10.2. The van der Waals surface area contributed by atoms with Crippen molar-refractivity contribution < 1.29 is 14.3 Å². The molecule has 1 saturated carbocycles.